The number of nitrogens with zero attached hydrogens (tertiary/aromatic N) is 3. The summed E-state index contributed by atoms with van der Waals surface area (Å²) in [6.07, 6.45) is 0.236. The summed E-state index contributed by atoms with van der Waals surface area (Å²) >= 11 is 0. The maximum absolute atomic E-state index is 13.1. The highest BCUT2D eigenvalue weighted by molar-refractivity contribution is 7.92. The topological polar surface area (TPSA) is 70.2 Å². The van der Waals surface area contributed by atoms with Crippen molar-refractivity contribution < 1.29 is 22.3 Å². The first-order valence-electron chi connectivity index (χ1n) is 9.77. The van der Waals surface area contributed by atoms with Crippen molar-refractivity contribution in [2.75, 3.05) is 48.2 Å². The van der Waals surface area contributed by atoms with Gasteiger partial charge in [-0.3, -0.25) is 9.10 Å². The Morgan fingerprint density at radius 1 is 1.07 bits per heavy atom. The molecule has 7 nitrogen and oxygen atoms in total. The second-order valence-corrected chi connectivity index (χ2v) is 9.57. The van der Waals surface area contributed by atoms with Gasteiger partial charge >= 0.3 is 0 Å². The van der Waals surface area contributed by atoms with Gasteiger partial charge in [-0.15, -0.1) is 0 Å². The number of benzene rings is 2. The van der Waals surface area contributed by atoms with E-state index in [9.17, 15) is 17.6 Å². The van der Waals surface area contributed by atoms with E-state index in [1.165, 1.54) is 16.4 Å². The van der Waals surface area contributed by atoms with E-state index in [4.69, 9.17) is 4.74 Å². The SMILES string of the molecule is Cc1ccc2c(c1)N(S(C)(=O)=O)C[C@H](C(=O)N1CCN(c3ccc(F)cc3)CC1)O2. The summed E-state index contributed by atoms with van der Waals surface area (Å²) in [6, 6.07) is 11.6. The van der Waals surface area contributed by atoms with Crippen LogP contribution in [0.25, 0.3) is 0 Å². The zero-order valence-corrected chi connectivity index (χ0v) is 17.7. The summed E-state index contributed by atoms with van der Waals surface area (Å²) in [6.45, 7) is 4.00. The molecule has 1 fully saturated rings. The predicted octanol–water partition coefficient (Wildman–Crippen LogP) is 2.01. The fourth-order valence-corrected chi connectivity index (χ4v) is 4.75. The molecule has 1 atom stereocenters. The fourth-order valence-electron chi connectivity index (χ4n) is 3.84. The Kier molecular flexibility index (Phi) is 5.31. The van der Waals surface area contributed by atoms with E-state index >= 15 is 0 Å². The third kappa shape index (κ3) is 4.07. The number of aryl methyl sites for hydroxylation is 1. The van der Waals surface area contributed by atoms with Crippen LogP contribution in [0.4, 0.5) is 15.8 Å². The van der Waals surface area contributed by atoms with E-state index in [1.807, 2.05) is 13.0 Å². The van der Waals surface area contributed by atoms with Crippen LogP contribution < -0.4 is 13.9 Å². The third-order valence-electron chi connectivity index (χ3n) is 5.44. The molecule has 30 heavy (non-hydrogen) atoms. The minimum absolute atomic E-state index is 0.0493. The van der Waals surface area contributed by atoms with Gasteiger partial charge < -0.3 is 14.5 Å². The van der Waals surface area contributed by atoms with Gasteiger partial charge in [0, 0.05) is 31.9 Å². The molecule has 2 heterocycles. The molecule has 0 spiro atoms. The van der Waals surface area contributed by atoms with Gasteiger partial charge in [-0.2, -0.15) is 0 Å². The second kappa shape index (κ2) is 7.79. The molecule has 0 bridgehead atoms. The average molecular weight is 434 g/mol. The van der Waals surface area contributed by atoms with E-state index in [2.05, 4.69) is 4.90 Å². The molecule has 2 aliphatic heterocycles. The number of fused-ring (bicyclic) bond motifs is 1. The van der Waals surface area contributed by atoms with Gasteiger partial charge in [0.2, 0.25) is 10.0 Å². The number of sulfonamides is 1. The number of carbonyl (C=O) groups is 1. The van der Waals surface area contributed by atoms with Crippen LogP contribution in [0.1, 0.15) is 5.56 Å². The van der Waals surface area contributed by atoms with Gasteiger partial charge in [0.15, 0.2) is 6.10 Å². The number of hydrogen-bond donors (Lipinski definition) is 0. The molecule has 1 amide bonds. The van der Waals surface area contributed by atoms with Crippen molar-refractivity contribution in [2.24, 2.45) is 0 Å². The van der Waals surface area contributed by atoms with E-state index in [0.29, 0.717) is 37.6 Å². The van der Waals surface area contributed by atoms with Gasteiger partial charge in [0.1, 0.15) is 11.6 Å². The summed E-state index contributed by atoms with van der Waals surface area (Å²) in [5, 5.41) is 0. The van der Waals surface area contributed by atoms with Crippen LogP contribution >= 0.6 is 0 Å². The number of hydrogen-bond acceptors (Lipinski definition) is 5. The van der Waals surface area contributed by atoms with Gasteiger partial charge in [-0.05, 0) is 48.9 Å². The van der Waals surface area contributed by atoms with Gasteiger partial charge in [-0.1, -0.05) is 6.07 Å². The summed E-state index contributed by atoms with van der Waals surface area (Å²) in [5.74, 6) is -0.123. The van der Waals surface area contributed by atoms with Crippen molar-refractivity contribution in [2.45, 2.75) is 13.0 Å². The van der Waals surface area contributed by atoms with E-state index in [1.54, 1.807) is 29.2 Å². The maximum atomic E-state index is 13.1. The number of amides is 1. The lowest BCUT2D eigenvalue weighted by Gasteiger charge is -2.40. The van der Waals surface area contributed by atoms with Crippen LogP contribution in [0.5, 0.6) is 5.75 Å². The normalized spacial score (nSPS) is 19.3. The van der Waals surface area contributed by atoms with Crippen LogP contribution in [0.3, 0.4) is 0 Å². The number of rotatable bonds is 3. The predicted molar refractivity (Wildman–Crippen MR) is 113 cm³/mol. The van der Waals surface area contributed by atoms with Crippen LogP contribution in [0, 0.1) is 12.7 Å². The number of halogens is 1. The van der Waals surface area contributed by atoms with Crippen LogP contribution in [0.15, 0.2) is 42.5 Å². The van der Waals surface area contributed by atoms with E-state index in [0.717, 1.165) is 17.5 Å². The zero-order chi connectivity index (χ0) is 21.5. The summed E-state index contributed by atoms with van der Waals surface area (Å²) < 4.78 is 45.0. The molecule has 160 valence electrons. The Balaban J connectivity index is 1.47. The lowest BCUT2D eigenvalue weighted by molar-refractivity contribution is -0.138. The minimum atomic E-state index is -3.56. The molecule has 0 unspecified atom stereocenters. The first-order valence-corrected chi connectivity index (χ1v) is 11.6. The van der Waals surface area contributed by atoms with Gasteiger partial charge in [0.25, 0.3) is 5.91 Å². The van der Waals surface area contributed by atoms with Crippen molar-refractivity contribution in [3.05, 3.63) is 53.8 Å². The maximum Gasteiger partial charge on any atom is 0.265 e. The first kappa shape index (κ1) is 20.5. The number of anilines is 2. The van der Waals surface area contributed by atoms with Crippen molar-refractivity contribution in [1.29, 1.82) is 0 Å². The Labute approximate surface area is 175 Å². The van der Waals surface area contributed by atoms with Crippen molar-refractivity contribution in [1.82, 2.24) is 4.90 Å². The summed E-state index contributed by atoms with van der Waals surface area (Å²) in [7, 11) is -3.56. The van der Waals surface area contributed by atoms with Crippen LogP contribution in [-0.2, 0) is 14.8 Å². The lowest BCUT2D eigenvalue weighted by atomic mass is 10.1. The zero-order valence-electron chi connectivity index (χ0n) is 16.9. The van der Waals surface area contributed by atoms with Gasteiger partial charge in [0.05, 0.1) is 18.5 Å². The van der Waals surface area contributed by atoms with Crippen molar-refractivity contribution >= 4 is 27.3 Å². The highest BCUT2D eigenvalue weighted by Crippen LogP contribution is 2.36. The first-order chi connectivity index (χ1) is 14.2. The molecule has 2 aromatic rings. The largest absolute Gasteiger partial charge is 0.476 e. The Hall–Kier alpha value is -2.81. The molecule has 0 N–H and O–H groups in total. The Morgan fingerprint density at radius 2 is 1.73 bits per heavy atom. The van der Waals surface area contributed by atoms with Crippen molar-refractivity contribution in [3.8, 4) is 5.75 Å². The van der Waals surface area contributed by atoms with Crippen LogP contribution in [-0.4, -0.2) is 64.3 Å². The molecular formula is C21H24FN3O4S. The molecule has 0 aliphatic carbocycles. The number of ether oxygens (including phenoxy) is 1. The number of piperazine rings is 1. The lowest BCUT2D eigenvalue weighted by Crippen LogP contribution is -2.56. The molecular weight excluding hydrogens is 409 g/mol. The Morgan fingerprint density at radius 3 is 2.37 bits per heavy atom. The number of carbonyl (C=O) groups excluding carboxylic acids is 1. The summed E-state index contributed by atoms with van der Waals surface area (Å²) in [4.78, 5) is 16.9. The smallest absolute Gasteiger partial charge is 0.265 e. The molecule has 2 aliphatic rings. The summed E-state index contributed by atoms with van der Waals surface area (Å²) in [5.41, 5.74) is 2.28. The molecule has 4 rings (SSSR count). The fraction of sp³-hybridized carbons (Fsp3) is 0.381. The molecule has 1 saturated heterocycles. The van der Waals surface area contributed by atoms with E-state index in [-0.39, 0.29) is 18.3 Å². The highest BCUT2D eigenvalue weighted by Gasteiger charge is 2.37. The third-order valence-corrected chi connectivity index (χ3v) is 6.59. The van der Waals surface area contributed by atoms with Gasteiger partial charge in [-0.25, -0.2) is 12.8 Å². The Bertz CT molecular complexity index is 1050. The minimum Gasteiger partial charge on any atom is -0.476 e. The average Bonchev–Trinajstić information content (AvgIpc) is 2.72. The van der Waals surface area contributed by atoms with Crippen molar-refractivity contribution in [3.63, 3.8) is 0 Å². The monoisotopic (exact) mass is 433 g/mol. The molecule has 9 heteroatoms. The molecule has 0 aromatic heterocycles. The second-order valence-electron chi connectivity index (χ2n) is 7.66. The van der Waals surface area contributed by atoms with E-state index < -0.39 is 16.1 Å². The standard InChI is InChI=1S/C21H24FN3O4S/c1-15-3-8-19-18(13-15)25(30(2,27)28)14-20(29-19)21(26)24-11-9-23(10-12-24)17-6-4-16(22)5-7-17/h3-8,13,20H,9-12,14H2,1-2H3/t20-/m1/s1. The van der Waals surface area contributed by atoms with Crippen LogP contribution in [0.2, 0.25) is 0 Å². The molecule has 0 radical (unpaired) electrons. The molecule has 2 aromatic carbocycles. The highest BCUT2D eigenvalue weighted by atomic mass is 32.2. The molecule has 0 saturated carbocycles. The quantitative estimate of drug-likeness (QED) is 0.741.